The van der Waals surface area contributed by atoms with Gasteiger partial charge in [0.2, 0.25) is 11.9 Å². The highest BCUT2D eigenvalue weighted by molar-refractivity contribution is 6.10. The maximum absolute atomic E-state index is 12.6. The van der Waals surface area contributed by atoms with E-state index in [0.717, 1.165) is 7.11 Å². The zero-order chi connectivity index (χ0) is 25.2. The van der Waals surface area contributed by atoms with Crippen LogP contribution in [0.3, 0.4) is 0 Å². The van der Waals surface area contributed by atoms with Gasteiger partial charge in [0.1, 0.15) is 11.5 Å². The molecule has 0 heterocycles. The van der Waals surface area contributed by atoms with Crippen molar-refractivity contribution < 1.29 is 23.9 Å². The molecule has 0 aliphatic rings. The number of aliphatic imine (C=N–C) groups is 1. The van der Waals surface area contributed by atoms with Crippen molar-refractivity contribution in [3.05, 3.63) is 78.9 Å². The van der Waals surface area contributed by atoms with Crippen molar-refractivity contribution in [1.29, 1.82) is 0 Å². The molecular weight excluding hydrogens is 450 g/mol. The van der Waals surface area contributed by atoms with Crippen molar-refractivity contribution in [1.82, 2.24) is 5.32 Å². The molecule has 0 aliphatic carbocycles. The zero-order valence-electron chi connectivity index (χ0n) is 19.2. The maximum atomic E-state index is 12.6. The lowest BCUT2D eigenvalue weighted by molar-refractivity contribution is -0.119. The molecule has 4 amide bonds. The second-order valence-corrected chi connectivity index (χ2v) is 7.06. The zero-order valence-corrected chi connectivity index (χ0v) is 19.2. The van der Waals surface area contributed by atoms with Gasteiger partial charge in [-0.3, -0.25) is 15.0 Å². The summed E-state index contributed by atoms with van der Waals surface area (Å²) in [5, 5.41) is 5.39. The minimum atomic E-state index is -0.927. The van der Waals surface area contributed by atoms with Crippen LogP contribution in [0.1, 0.15) is 13.3 Å². The summed E-state index contributed by atoms with van der Waals surface area (Å²) in [7, 11) is 1.16. The minimum Gasteiger partial charge on any atom is -0.457 e. The van der Waals surface area contributed by atoms with Gasteiger partial charge in [-0.25, -0.2) is 9.59 Å². The van der Waals surface area contributed by atoms with E-state index in [1.54, 1.807) is 67.6 Å². The average Bonchev–Trinajstić information content (AvgIpc) is 2.86. The number of anilines is 3. The van der Waals surface area contributed by atoms with E-state index >= 15 is 0 Å². The summed E-state index contributed by atoms with van der Waals surface area (Å²) in [5.41, 5.74) is 6.85. The molecule has 0 saturated heterocycles. The lowest BCUT2D eigenvalue weighted by Crippen LogP contribution is -2.37. The van der Waals surface area contributed by atoms with Crippen LogP contribution >= 0.6 is 0 Å². The van der Waals surface area contributed by atoms with E-state index in [0.29, 0.717) is 28.6 Å². The summed E-state index contributed by atoms with van der Waals surface area (Å²) in [4.78, 5) is 41.3. The second kappa shape index (κ2) is 11.8. The molecule has 35 heavy (non-hydrogen) atoms. The molecule has 0 aromatic heterocycles. The smallest absolute Gasteiger partial charge is 0.436 e. The van der Waals surface area contributed by atoms with E-state index in [1.165, 1.54) is 4.90 Å². The molecule has 4 N–H and O–H groups in total. The lowest BCUT2D eigenvalue weighted by atomic mass is 10.2. The molecule has 10 nitrogen and oxygen atoms in total. The molecule has 0 aliphatic heterocycles. The Morgan fingerprint density at radius 3 is 2.20 bits per heavy atom. The van der Waals surface area contributed by atoms with Gasteiger partial charge in [0.15, 0.2) is 0 Å². The van der Waals surface area contributed by atoms with Crippen LogP contribution in [0, 0.1) is 0 Å². The van der Waals surface area contributed by atoms with Gasteiger partial charge in [-0.05, 0) is 36.4 Å². The Morgan fingerprint density at radius 2 is 1.60 bits per heavy atom. The van der Waals surface area contributed by atoms with Gasteiger partial charge in [0, 0.05) is 12.5 Å². The average molecular weight is 476 g/mol. The van der Waals surface area contributed by atoms with E-state index in [9.17, 15) is 14.4 Å². The van der Waals surface area contributed by atoms with Crippen LogP contribution in [0.4, 0.5) is 26.7 Å². The third-order valence-corrected chi connectivity index (χ3v) is 4.63. The number of carbonyl (C=O) groups excluding carboxylic acids is 3. The predicted octanol–water partition coefficient (Wildman–Crippen LogP) is 4.76. The first-order chi connectivity index (χ1) is 16.9. The lowest BCUT2D eigenvalue weighted by Gasteiger charge is -2.25. The first-order valence-electron chi connectivity index (χ1n) is 10.7. The number of rotatable bonds is 6. The van der Waals surface area contributed by atoms with Crippen molar-refractivity contribution >= 4 is 41.1 Å². The molecule has 0 atom stereocenters. The topological polar surface area (TPSA) is 135 Å². The molecule has 0 unspecified atom stereocenters. The highest BCUT2D eigenvalue weighted by Crippen LogP contribution is 2.36. The van der Waals surface area contributed by atoms with Crippen LogP contribution < -0.4 is 26.0 Å². The molecule has 0 spiro atoms. The number of methoxy groups -OCH3 is 1. The summed E-state index contributed by atoms with van der Waals surface area (Å²) in [6.45, 7) is 1.65. The van der Waals surface area contributed by atoms with E-state index in [-0.39, 0.29) is 18.3 Å². The van der Waals surface area contributed by atoms with Crippen molar-refractivity contribution in [2.75, 3.05) is 17.3 Å². The molecule has 3 rings (SSSR count). The van der Waals surface area contributed by atoms with E-state index < -0.39 is 12.1 Å². The van der Waals surface area contributed by atoms with Gasteiger partial charge in [0.05, 0.1) is 24.2 Å². The molecule has 0 radical (unpaired) electrons. The molecule has 10 heteroatoms. The second-order valence-electron chi connectivity index (χ2n) is 7.06. The number of primary amides is 1. The number of nitrogens with one attached hydrogen (secondary N) is 2. The van der Waals surface area contributed by atoms with Crippen LogP contribution in [-0.2, 0) is 9.53 Å². The monoisotopic (exact) mass is 475 g/mol. The Kier molecular flexibility index (Phi) is 8.38. The van der Waals surface area contributed by atoms with Crippen LogP contribution in [0.25, 0.3) is 0 Å². The van der Waals surface area contributed by atoms with Crippen molar-refractivity contribution in [3.8, 4) is 11.5 Å². The minimum absolute atomic E-state index is 0.149. The molecule has 0 saturated carbocycles. The van der Waals surface area contributed by atoms with Gasteiger partial charge < -0.3 is 20.5 Å². The quantitative estimate of drug-likeness (QED) is 0.348. The number of amides is 4. The number of nitrogens with two attached hydrogens (primary N) is 1. The number of hydrogen-bond donors (Lipinski definition) is 3. The van der Waals surface area contributed by atoms with E-state index in [1.807, 2.05) is 18.2 Å². The van der Waals surface area contributed by atoms with Gasteiger partial charge in [-0.2, -0.15) is 0 Å². The molecule has 180 valence electrons. The highest BCUT2D eigenvalue weighted by Gasteiger charge is 2.21. The number of hydrogen-bond acceptors (Lipinski definition) is 5. The van der Waals surface area contributed by atoms with Gasteiger partial charge in [0.25, 0.3) is 0 Å². The van der Waals surface area contributed by atoms with Gasteiger partial charge in [-0.1, -0.05) is 43.3 Å². The largest absolute Gasteiger partial charge is 0.457 e. The number of guanidine groups is 1. The van der Waals surface area contributed by atoms with Crippen molar-refractivity contribution in [2.24, 2.45) is 10.7 Å². The van der Waals surface area contributed by atoms with Crippen LogP contribution in [-0.4, -0.2) is 31.1 Å². The number of carbonyl (C=O) groups is 3. The molecular formula is C25H25N5O5. The normalized spacial score (nSPS) is 10.7. The fourth-order valence-electron chi connectivity index (χ4n) is 3.02. The number of urea groups is 1. The fraction of sp³-hybridized carbons (Fsp3) is 0.120. The molecule has 3 aromatic carbocycles. The van der Waals surface area contributed by atoms with Crippen molar-refractivity contribution in [3.63, 3.8) is 0 Å². The first kappa shape index (κ1) is 24.8. The summed E-state index contributed by atoms with van der Waals surface area (Å²) in [5.74, 6) is 0.440. The third-order valence-electron chi connectivity index (χ3n) is 4.63. The summed E-state index contributed by atoms with van der Waals surface area (Å²) >= 11 is 0. The fourth-order valence-corrected chi connectivity index (χ4v) is 3.02. The van der Waals surface area contributed by atoms with Crippen LogP contribution in [0.2, 0.25) is 0 Å². The first-order valence-corrected chi connectivity index (χ1v) is 10.7. The Morgan fingerprint density at radius 1 is 0.943 bits per heavy atom. The Bertz CT molecular complexity index is 1220. The molecule has 0 bridgehead atoms. The SMILES string of the molecule is CCC(=O)NC(=NC(=O)OC)Nc1ccc(Oc2ccccc2)cc1N(C(N)=O)c1ccccc1. The van der Waals surface area contributed by atoms with Gasteiger partial charge >= 0.3 is 12.1 Å². The number of benzene rings is 3. The standard InChI is InChI=1S/C25H25N5O5/c1-3-22(31)28-24(29-25(33)34-2)27-20-15-14-19(35-18-12-8-5-9-13-18)16-21(20)30(23(26)32)17-10-6-4-7-11-17/h4-16H,3H2,1-2H3,(H2,26,32)(H2,27,28,29,31,33). The summed E-state index contributed by atoms with van der Waals surface area (Å²) in [6.07, 6.45) is -0.778. The Labute approximate surface area is 202 Å². The third kappa shape index (κ3) is 6.81. The number of nitrogens with zero attached hydrogens (tertiary/aromatic N) is 2. The van der Waals surface area contributed by atoms with E-state index in [4.69, 9.17) is 10.5 Å². The Hall–Kier alpha value is -4.86. The van der Waals surface area contributed by atoms with Crippen LogP contribution in [0.5, 0.6) is 11.5 Å². The van der Waals surface area contributed by atoms with Crippen molar-refractivity contribution in [2.45, 2.75) is 13.3 Å². The maximum Gasteiger partial charge on any atom is 0.436 e. The number of ether oxygens (including phenoxy) is 2. The predicted molar refractivity (Wildman–Crippen MR) is 133 cm³/mol. The summed E-state index contributed by atoms with van der Waals surface area (Å²) in [6, 6.07) is 21.9. The Balaban J connectivity index is 2.09. The summed E-state index contributed by atoms with van der Waals surface area (Å²) < 4.78 is 10.5. The highest BCUT2D eigenvalue weighted by atomic mass is 16.5. The molecule has 0 fully saturated rings. The molecule has 3 aromatic rings. The van der Waals surface area contributed by atoms with E-state index in [2.05, 4.69) is 20.4 Å². The number of para-hydroxylation sites is 2. The van der Waals surface area contributed by atoms with Crippen LogP contribution in [0.15, 0.2) is 83.9 Å². The van der Waals surface area contributed by atoms with Gasteiger partial charge in [-0.15, -0.1) is 4.99 Å².